The van der Waals surface area contributed by atoms with E-state index in [1.165, 1.54) is 0 Å². The molecule has 0 fully saturated rings. The van der Waals surface area contributed by atoms with E-state index < -0.39 is 0 Å². The molecular weight excluding hydrogens is 142 g/mol. The Hall–Kier alpha value is -1.03. The molecule has 1 aromatic heterocycles. The van der Waals surface area contributed by atoms with E-state index in [0.717, 1.165) is 13.1 Å². The summed E-state index contributed by atoms with van der Waals surface area (Å²) in [6.07, 6.45) is 3.55. The number of aromatic nitrogens is 2. The third-order valence-electron chi connectivity index (χ3n) is 1.62. The van der Waals surface area contributed by atoms with Gasteiger partial charge in [-0.05, 0) is 7.05 Å². The predicted octanol–water partition coefficient (Wildman–Crippen LogP) is -0.594. The van der Waals surface area contributed by atoms with Crippen LogP contribution < -0.4 is 11.0 Å². The summed E-state index contributed by atoms with van der Waals surface area (Å²) in [5.41, 5.74) is 0.0419. The van der Waals surface area contributed by atoms with Crippen molar-refractivity contribution in [2.24, 2.45) is 7.05 Å². The van der Waals surface area contributed by atoms with Gasteiger partial charge in [-0.15, -0.1) is 0 Å². The molecule has 1 aromatic rings. The van der Waals surface area contributed by atoms with Gasteiger partial charge in [0.15, 0.2) is 0 Å². The van der Waals surface area contributed by atoms with Crippen LogP contribution in [-0.2, 0) is 13.6 Å². The molecule has 4 heteroatoms. The molecule has 0 saturated heterocycles. The zero-order chi connectivity index (χ0) is 8.27. The lowest BCUT2D eigenvalue weighted by Crippen LogP contribution is -2.26. The first-order valence-electron chi connectivity index (χ1n) is 3.62. The quantitative estimate of drug-likeness (QED) is 0.633. The Morgan fingerprint density at radius 3 is 2.73 bits per heavy atom. The van der Waals surface area contributed by atoms with Crippen molar-refractivity contribution in [2.45, 2.75) is 6.54 Å². The Bertz CT molecular complexity index is 273. The SMILES string of the molecule is CNCCn1ccn(C)c1=O. The van der Waals surface area contributed by atoms with Gasteiger partial charge in [-0.1, -0.05) is 0 Å². The van der Waals surface area contributed by atoms with Gasteiger partial charge in [0.25, 0.3) is 0 Å². The number of hydrogen-bond donors (Lipinski definition) is 1. The van der Waals surface area contributed by atoms with E-state index in [-0.39, 0.29) is 5.69 Å². The molecule has 0 unspecified atom stereocenters. The molecule has 0 amide bonds. The Morgan fingerprint density at radius 2 is 2.27 bits per heavy atom. The minimum Gasteiger partial charge on any atom is -0.318 e. The molecule has 0 aliphatic rings. The van der Waals surface area contributed by atoms with Crippen molar-refractivity contribution >= 4 is 0 Å². The van der Waals surface area contributed by atoms with Gasteiger partial charge in [0, 0.05) is 32.5 Å². The topological polar surface area (TPSA) is 39.0 Å². The number of hydrogen-bond acceptors (Lipinski definition) is 2. The molecule has 0 spiro atoms. The fourth-order valence-electron chi connectivity index (χ4n) is 0.913. The van der Waals surface area contributed by atoms with Crippen LogP contribution >= 0.6 is 0 Å². The van der Waals surface area contributed by atoms with Crippen molar-refractivity contribution in [1.29, 1.82) is 0 Å². The number of likely N-dealkylation sites (N-methyl/N-ethyl adjacent to an activating group) is 1. The molecule has 0 aliphatic heterocycles. The Labute approximate surface area is 65.5 Å². The van der Waals surface area contributed by atoms with Gasteiger partial charge in [0.2, 0.25) is 0 Å². The first-order chi connectivity index (χ1) is 5.25. The maximum atomic E-state index is 11.2. The van der Waals surface area contributed by atoms with E-state index in [1.807, 2.05) is 7.05 Å². The average molecular weight is 155 g/mol. The van der Waals surface area contributed by atoms with E-state index in [0.29, 0.717) is 0 Å². The predicted molar refractivity (Wildman–Crippen MR) is 43.6 cm³/mol. The number of nitrogens with zero attached hydrogens (tertiary/aromatic N) is 2. The molecule has 11 heavy (non-hydrogen) atoms. The summed E-state index contributed by atoms with van der Waals surface area (Å²) in [6.45, 7) is 1.56. The summed E-state index contributed by atoms with van der Waals surface area (Å²) < 4.78 is 3.24. The Balaban J connectivity index is 2.71. The van der Waals surface area contributed by atoms with Crippen molar-refractivity contribution in [2.75, 3.05) is 13.6 Å². The average Bonchev–Trinajstić information content (AvgIpc) is 2.31. The number of rotatable bonds is 3. The Morgan fingerprint density at radius 1 is 1.55 bits per heavy atom. The molecule has 62 valence electrons. The number of aryl methyl sites for hydroxylation is 1. The summed E-state index contributed by atoms with van der Waals surface area (Å²) >= 11 is 0. The molecule has 0 radical (unpaired) electrons. The minimum absolute atomic E-state index is 0.0419. The van der Waals surface area contributed by atoms with E-state index >= 15 is 0 Å². The van der Waals surface area contributed by atoms with Crippen LogP contribution in [-0.4, -0.2) is 22.7 Å². The van der Waals surface area contributed by atoms with E-state index in [1.54, 1.807) is 28.6 Å². The number of imidazole rings is 1. The van der Waals surface area contributed by atoms with Gasteiger partial charge in [0.05, 0.1) is 0 Å². The molecule has 0 saturated carbocycles. The van der Waals surface area contributed by atoms with Crippen molar-refractivity contribution in [3.63, 3.8) is 0 Å². The van der Waals surface area contributed by atoms with Crippen LogP contribution in [0.15, 0.2) is 17.2 Å². The zero-order valence-electron chi connectivity index (χ0n) is 6.87. The highest BCUT2D eigenvalue weighted by Crippen LogP contribution is 1.79. The molecule has 0 atom stereocenters. The lowest BCUT2D eigenvalue weighted by Gasteiger charge is -1.98. The van der Waals surface area contributed by atoms with Crippen LogP contribution in [0.25, 0.3) is 0 Å². The van der Waals surface area contributed by atoms with Crippen molar-refractivity contribution in [3.8, 4) is 0 Å². The monoisotopic (exact) mass is 155 g/mol. The molecule has 0 aromatic carbocycles. The first kappa shape index (κ1) is 8.07. The first-order valence-corrected chi connectivity index (χ1v) is 3.62. The van der Waals surface area contributed by atoms with Gasteiger partial charge in [-0.2, -0.15) is 0 Å². The van der Waals surface area contributed by atoms with Crippen LogP contribution in [0.5, 0.6) is 0 Å². The molecule has 1 N–H and O–H groups in total. The second-order valence-corrected chi connectivity index (χ2v) is 2.49. The fourth-order valence-corrected chi connectivity index (χ4v) is 0.913. The van der Waals surface area contributed by atoms with Crippen molar-refractivity contribution in [3.05, 3.63) is 22.9 Å². The molecule has 0 bridgehead atoms. The van der Waals surface area contributed by atoms with Crippen LogP contribution in [0.3, 0.4) is 0 Å². The number of nitrogens with one attached hydrogen (secondary N) is 1. The lowest BCUT2D eigenvalue weighted by atomic mass is 10.6. The highest BCUT2D eigenvalue weighted by molar-refractivity contribution is 4.79. The molecule has 0 aliphatic carbocycles. The second-order valence-electron chi connectivity index (χ2n) is 2.49. The minimum atomic E-state index is 0.0419. The van der Waals surface area contributed by atoms with Gasteiger partial charge in [0.1, 0.15) is 0 Å². The highest BCUT2D eigenvalue weighted by Gasteiger charge is 1.96. The van der Waals surface area contributed by atoms with Crippen LogP contribution in [0.1, 0.15) is 0 Å². The summed E-state index contributed by atoms with van der Waals surface area (Å²) in [5.74, 6) is 0. The van der Waals surface area contributed by atoms with Crippen molar-refractivity contribution < 1.29 is 0 Å². The van der Waals surface area contributed by atoms with Crippen LogP contribution in [0.4, 0.5) is 0 Å². The molecule has 1 heterocycles. The lowest BCUT2D eigenvalue weighted by molar-refractivity contribution is 0.614. The smallest absolute Gasteiger partial charge is 0.318 e. The summed E-state index contributed by atoms with van der Waals surface area (Å²) in [6, 6.07) is 0. The molecule has 1 rings (SSSR count). The largest absolute Gasteiger partial charge is 0.327 e. The standard InChI is InChI=1S/C7H13N3O/c1-8-3-4-10-6-5-9(2)7(10)11/h5-6,8H,3-4H2,1-2H3. The van der Waals surface area contributed by atoms with E-state index in [9.17, 15) is 4.79 Å². The summed E-state index contributed by atoms with van der Waals surface area (Å²) in [7, 11) is 3.62. The zero-order valence-corrected chi connectivity index (χ0v) is 6.87. The normalized spacial score (nSPS) is 10.4. The van der Waals surface area contributed by atoms with Gasteiger partial charge >= 0.3 is 5.69 Å². The van der Waals surface area contributed by atoms with E-state index in [4.69, 9.17) is 0 Å². The van der Waals surface area contributed by atoms with Gasteiger partial charge in [-0.25, -0.2) is 4.79 Å². The van der Waals surface area contributed by atoms with Gasteiger partial charge < -0.3 is 9.88 Å². The van der Waals surface area contributed by atoms with Crippen LogP contribution in [0.2, 0.25) is 0 Å². The summed E-state index contributed by atoms with van der Waals surface area (Å²) in [4.78, 5) is 11.2. The highest BCUT2D eigenvalue weighted by atomic mass is 16.1. The van der Waals surface area contributed by atoms with Gasteiger partial charge in [-0.3, -0.25) is 4.57 Å². The molecular formula is C7H13N3O. The third kappa shape index (κ3) is 1.71. The van der Waals surface area contributed by atoms with Crippen molar-refractivity contribution in [1.82, 2.24) is 14.5 Å². The third-order valence-corrected chi connectivity index (χ3v) is 1.62. The fraction of sp³-hybridized carbons (Fsp3) is 0.571. The maximum absolute atomic E-state index is 11.2. The summed E-state index contributed by atoms with van der Waals surface area (Å²) in [5, 5.41) is 2.98. The second kappa shape index (κ2) is 3.39. The van der Waals surface area contributed by atoms with E-state index in [2.05, 4.69) is 5.32 Å². The maximum Gasteiger partial charge on any atom is 0.327 e. The van der Waals surface area contributed by atoms with Crippen LogP contribution in [0, 0.1) is 0 Å². The molecule has 4 nitrogen and oxygen atoms in total. The Kier molecular flexibility index (Phi) is 2.48.